The summed E-state index contributed by atoms with van der Waals surface area (Å²) in [5.74, 6) is 1.59. The van der Waals surface area contributed by atoms with Crippen LogP contribution < -0.4 is 4.74 Å². The van der Waals surface area contributed by atoms with Crippen LogP contribution in [0.2, 0.25) is 0 Å². The molecule has 1 aliphatic rings. The van der Waals surface area contributed by atoms with Crippen LogP contribution in [-0.4, -0.2) is 25.1 Å². The highest BCUT2D eigenvalue weighted by Gasteiger charge is 2.22. The van der Waals surface area contributed by atoms with E-state index in [1.807, 2.05) is 7.11 Å². The molecule has 0 aliphatic carbocycles. The van der Waals surface area contributed by atoms with Gasteiger partial charge in [0.15, 0.2) is 0 Å². The summed E-state index contributed by atoms with van der Waals surface area (Å²) in [4.78, 5) is 2.55. The van der Waals surface area contributed by atoms with Crippen molar-refractivity contribution in [1.29, 1.82) is 0 Å². The summed E-state index contributed by atoms with van der Waals surface area (Å²) in [6.07, 6.45) is 2.66. The molecule has 0 atom stereocenters. The maximum atomic E-state index is 5.79. The molecule has 2 rings (SSSR count). The number of ether oxygens (including phenoxy) is 1. The Morgan fingerprint density at radius 3 is 2.24 bits per heavy atom. The van der Waals surface area contributed by atoms with Crippen LogP contribution in [0.3, 0.4) is 0 Å². The van der Waals surface area contributed by atoms with E-state index in [2.05, 4.69) is 51.7 Å². The zero-order valence-electron chi connectivity index (χ0n) is 14.6. The van der Waals surface area contributed by atoms with E-state index in [0.29, 0.717) is 5.92 Å². The van der Waals surface area contributed by atoms with Crippen molar-refractivity contribution in [1.82, 2.24) is 4.90 Å². The van der Waals surface area contributed by atoms with E-state index < -0.39 is 0 Å². The summed E-state index contributed by atoms with van der Waals surface area (Å²) in [5, 5.41) is 0. The van der Waals surface area contributed by atoms with Crippen molar-refractivity contribution >= 4 is 0 Å². The lowest BCUT2D eigenvalue weighted by molar-refractivity contribution is 0.319. The van der Waals surface area contributed by atoms with Gasteiger partial charge < -0.3 is 4.74 Å². The maximum Gasteiger partial charge on any atom is 0.126 e. The van der Waals surface area contributed by atoms with E-state index in [0.717, 1.165) is 12.3 Å². The molecule has 1 fully saturated rings. The van der Waals surface area contributed by atoms with E-state index in [9.17, 15) is 0 Å². The van der Waals surface area contributed by atoms with Crippen molar-refractivity contribution in [2.45, 2.75) is 65.3 Å². The van der Waals surface area contributed by atoms with Crippen molar-refractivity contribution in [2.24, 2.45) is 0 Å². The molecule has 0 aromatic heterocycles. The molecule has 21 heavy (non-hydrogen) atoms. The lowest BCUT2D eigenvalue weighted by Gasteiger charge is -2.26. The molecule has 0 amide bonds. The van der Waals surface area contributed by atoms with Crippen LogP contribution in [0.5, 0.6) is 5.75 Å². The molecule has 0 unspecified atom stereocenters. The number of hydrogen-bond donors (Lipinski definition) is 0. The number of nitrogens with zero attached hydrogens (tertiary/aromatic N) is 1. The Kier molecular flexibility index (Phi) is 4.98. The Bertz CT molecular complexity index is 479. The first-order valence-corrected chi connectivity index (χ1v) is 8.26. The first kappa shape index (κ1) is 16.4. The van der Waals surface area contributed by atoms with Crippen molar-refractivity contribution in [3.63, 3.8) is 0 Å². The topological polar surface area (TPSA) is 12.5 Å². The Morgan fingerprint density at radius 1 is 1.14 bits per heavy atom. The average Bonchev–Trinajstić information content (AvgIpc) is 2.89. The van der Waals surface area contributed by atoms with E-state index in [4.69, 9.17) is 4.74 Å². The Hall–Kier alpha value is -1.02. The molecular weight excluding hydrogens is 258 g/mol. The normalized spacial score (nSPS) is 16.7. The fraction of sp³-hybridized carbons (Fsp3) is 0.684. The van der Waals surface area contributed by atoms with Gasteiger partial charge in [0.2, 0.25) is 0 Å². The zero-order valence-corrected chi connectivity index (χ0v) is 14.6. The Balaban J connectivity index is 2.45. The second kappa shape index (κ2) is 6.39. The monoisotopic (exact) mass is 289 g/mol. The van der Waals surface area contributed by atoms with Gasteiger partial charge in [0.1, 0.15) is 5.75 Å². The van der Waals surface area contributed by atoms with Crippen molar-refractivity contribution in [3.8, 4) is 5.75 Å². The molecule has 2 nitrogen and oxygen atoms in total. The standard InChI is InChI=1S/C19H31NO/c1-14(2)17-12-16(19(3,4)5)11-15(18(17)21-6)13-20-9-7-8-10-20/h11-12,14H,7-10,13H2,1-6H3. The molecule has 118 valence electrons. The van der Waals surface area contributed by atoms with Gasteiger partial charge in [0.25, 0.3) is 0 Å². The molecule has 1 aliphatic heterocycles. The molecule has 0 saturated carbocycles. The van der Waals surface area contributed by atoms with Crippen LogP contribution in [0.25, 0.3) is 0 Å². The number of rotatable bonds is 4. The zero-order chi connectivity index (χ0) is 15.6. The molecule has 0 spiro atoms. The molecule has 0 N–H and O–H groups in total. The number of hydrogen-bond acceptors (Lipinski definition) is 2. The third-order valence-electron chi connectivity index (χ3n) is 4.48. The van der Waals surface area contributed by atoms with Crippen LogP contribution in [-0.2, 0) is 12.0 Å². The van der Waals surface area contributed by atoms with Crippen LogP contribution in [0.4, 0.5) is 0 Å². The molecule has 1 saturated heterocycles. The Morgan fingerprint density at radius 2 is 1.76 bits per heavy atom. The summed E-state index contributed by atoms with van der Waals surface area (Å²) >= 11 is 0. The smallest absolute Gasteiger partial charge is 0.126 e. The summed E-state index contributed by atoms with van der Waals surface area (Å²) in [5.41, 5.74) is 4.30. The van der Waals surface area contributed by atoms with Gasteiger partial charge in [-0.3, -0.25) is 4.90 Å². The molecule has 1 aromatic rings. The first-order chi connectivity index (χ1) is 9.82. The van der Waals surface area contributed by atoms with Gasteiger partial charge in [-0.1, -0.05) is 46.8 Å². The van der Waals surface area contributed by atoms with Gasteiger partial charge >= 0.3 is 0 Å². The molecule has 2 heteroatoms. The highest BCUT2D eigenvalue weighted by atomic mass is 16.5. The number of methoxy groups -OCH3 is 1. The first-order valence-electron chi connectivity index (χ1n) is 8.26. The average molecular weight is 289 g/mol. The molecule has 0 radical (unpaired) electrons. The van der Waals surface area contributed by atoms with Gasteiger partial charge in [-0.05, 0) is 48.4 Å². The summed E-state index contributed by atoms with van der Waals surface area (Å²) in [6.45, 7) is 14.8. The Labute approximate surface area is 130 Å². The molecular formula is C19H31NO. The van der Waals surface area contributed by atoms with Crippen LogP contribution in [0.15, 0.2) is 12.1 Å². The minimum atomic E-state index is 0.176. The van der Waals surface area contributed by atoms with Gasteiger partial charge in [-0.15, -0.1) is 0 Å². The van der Waals surface area contributed by atoms with Gasteiger partial charge in [0.05, 0.1) is 7.11 Å². The predicted octanol–water partition coefficient (Wildman–Crippen LogP) is 4.71. The predicted molar refractivity (Wildman–Crippen MR) is 90.3 cm³/mol. The number of likely N-dealkylation sites (tertiary alicyclic amines) is 1. The van der Waals surface area contributed by atoms with Gasteiger partial charge in [0, 0.05) is 12.1 Å². The van der Waals surface area contributed by atoms with Crippen LogP contribution in [0, 0.1) is 0 Å². The van der Waals surface area contributed by atoms with Crippen molar-refractivity contribution in [2.75, 3.05) is 20.2 Å². The lowest BCUT2D eigenvalue weighted by Crippen LogP contribution is -2.20. The number of benzene rings is 1. The van der Waals surface area contributed by atoms with E-state index in [1.54, 1.807) is 0 Å². The second-order valence-electron chi connectivity index (χ2n) is 7.65. The maximum absolute atomic E-state index is 5.79. The van der Waals surface area contributed by atoms with Gasteiger partial charge in [-0.25, -0.2) is 0 Å². The van der Waals surface area contributed by atoms with Crippen LogP contribution in [0.1, 0.15) is 70.1 Å². The fourth-order valence-electron chi connectivity index (χ4n) is 3.12. The SMILES string of the molecule is COc1c(CN2CCCC2)cc(C(C)(C)C)cc1C(C)C. The minimum absolute atomic E-state index is 0.176. The lowest BCUT2D eigenvalue weighted by atomic mass is 9.83. The summed E-state index contributed by atoms with van der Waals surface area (Å²) in [7, 11) is 1.81. The minimum Gasteiger partial charge on any atom is -0.496 e. The molecule has 1 heterocycles. The highest BCUT2D eigenvalue weighted by Crippen LogP contribution is 2.36. The third kappa shape index (κ3) is 3.79. The fourth-order valence-corrected chi connectivity index (χ4v) is 3.12. The summed E-state index contributed by atoms with van der Waals surface area (Å²) < 4.78 is 5.79. The quantitative estimate of drug-likeness (QED) is 0.796. The van der Waals surface area contributed by atoms with Crippen LogP contribution >= 0.6 is 0 Å². The highest BCUT2D eigenvalue weighted by molar-refractivity contribution is 5.48. The van der Waals surface area contributed by atoms with Crippen molar-refractivity contribution < 1.29 is 4.74 Å². The summed E-state index contributed by atoms with van der Waals surface area (Å²) in [6, 6.07) is 4.71. The largest absolute Gasteiger partial charge is 0.496 e. The van der Waals surface area contributed by atoms with E-state index >= 15 is 0 Å². The second-order valence-corrected chi connectivity index (χ2v) is 7.65. The van der Waals surface area contributed by atoms with E-state index in [1.165, 1.54) is 42.6 Å². The van der Waals surface area contributed by atoms with Gasteiger partial charge in [-0.2, -0.15) is 0 Å². The van der Waals surface area contributed by atoms with E-state index in [-0.39, 0.29) is 5.41 Å². The third-order valence-corrected chi connectivity index (χ3v) is 4.48. The molecule has 0 bridgehead atoms. The molecule has 1 aromatic carbocycles. The van der Waals surface area contributed by atoms with Crippen molar-refractivity contribution in [3.05, 3.63) is 28.8 Å².